The monoisotopic (exact) mass is 333 g/mol. The summed E-state index contributed by atoms with van der Waals surface area (Å²) >= 11 is 0. The van der Waals surface area contributed by atoms with Crippen molar-refractivity contribution in [1.82, 2.24) is 4.90 Å². The van der Waals surface area contributed by atoms with Gasteiger partial charge in [0.15, 0.2) is 0 Å². The Morgan fingerprint density at radius 3 is 2.54 bits per heavy atom. The Kier molecular flexibility index (Phi) is 5.52. The number of nitrogens with zero attached hydrogens (tertiary/aromatic N) is 1. The summed E-state index contributed by atoms with van der Waals surface area (Å²) in [6.07, 6.45) is 0.599. The van der Waals surface area contributed by atoms with E-state index in [4.69, 9.17) is 9.47 Å². The largest absolute Gasteiger partial charge is 0.465 e. The second-order valence-electron chi connectivity index (χ2n) is 7.42. The van der Waals surface area contributed by atoms with Crippen molar-refractivity contribution in [3.8, 4) is 0 Å². The molecule has 0 N–H and O–H groups in total. The lowest BCUT2D eigenvalue weighted by Gasteiger charge is -2.37. The first kappa shape index (κ1) is 18.3. The zero-order valence-corrected chi connectivity index (χ0v) is 15.2. The van der Waals surface area contributed by atoms with E-state index in [-0.39, 0.29) is 12.1 Å². The molecule has 1 saturated heterocycles. The molecule has 1 aromatic rings. The summed E-state index contributed by atoms with van der Waals surface area (Å²) in [6, 6.07) is 7.58. The lowest BCUT2D eigenvalue weighted by molar-refractivity contribution is 0.0155. The van der Waals surface area contributed by atoms with Crippen LogP contribution >= 0.6 is 0 Å². The van der Waals surface area contributed by atoms with Crippen LogP contribution in [0.25, 0.3) is 0 Å². The third-order valence-electron chi connectivity index (χ3n) is 4.29. The lowest BCUT2D eigenvalue weighted by Crippen LogP contribution is -2.44. The van der Waals surface area contributed by atoms with Crippen molar-refractivity contribution < 1.29 is 19.1 Å². The highest BCUT2D eigenvalue weighted by atomic mass is 16.6. The number of likely N-dealkylation sites (tertiary alicyclic amines) is 1. The smallest absolute Gasteiger partial charge is 0.410 e. The molecule has 0 aromatic heterocycles. The predicted molar refractivity (Wildman–Crippen MR) is 92.1 cm³/mol. The zero-order chi connectivity index (χ0) is 17.9. The molecule has 0 bridgehead atoms. The van der Waals surface area contributed by atoms with Gasteiger partial charge in [0, 0.05) is 13.1 Å². The molecule has 0 saturated carbocycles. The number of rotatable bonds is 2. The van der Waals surface area contributed by atoms with Gasteiger partial charge in [0.1, 0.15) is 5.60 Å². The summed E-state index contributed by atoms with van der Waals surface area (Å²) in [6.45, 7) is 9.07. The van der Waals surface area contributed by atoms with E-state index in [0.29, 0.717) is 30.5 Å². The molecule has 1 aliphatic rings. The maximum absolute atomic E-state index is 12.2. The Labute approximate surface area is 143 Å². The van der Waals surface area contributed by atoms with Crippen LogP contribution < -0.4 is 0 Å². The van der Waals surface area contributed by atoms with E-state index in [1.54, 1.807) is 11.0 Å². The first-order chi connectivity index (χ1) is 11.2. The molecular formula is C19H27NO4. The number of methoxy groups -OCH3 is 1. The van der Waals surface area contributed by atoms with E-state index in [9.17, 15) is 9.59 Å². The molecule has 5 heteroatoms. The molecular weight excluding hydrogens is 306 g/mol. The molecule has 2 atom stereocenters. The van der Waals surface area contributed by atoms with Gasteiger partial charge >= 0.3 is 12.1 Å². The second-order valence-corrected chi connectivity index (χ2v) is 7.42. The van der Waals surface area contributed by atoms with E-state index in [0.717, 1.165) is 12.0 Å². The Morgan fingerprint density at radius 2 is 1.96 bits per heavy atom. The van der Waals surface area contributed by atoms with Crippen LogP contribution in [0.1, 0.15) is 56.0 Å². The summed E-state index contributed by atoms with van der Waals surface area (Å²) < 4.78 is 10.2. The third kappa shape index (κ3) is 4.49. The predicted octanol–water partition coefficient (Wildman–Crippen LogP) is 3.83. The van der Waals surface area contributed by atoms with Gasteiger partial charge in [-0.25, -0.2) is 9.59 Å². The fraction of sp³-hybridized carbons (Fsp3) is 0.579. The number of piperidine rings is 1. The van der Waals surface area contributed by atoms with Crippen LogP contribution in [0, 0.1) is 5.92 Å². The van der Waals surface area contributed by atoms with Gasteiger partial charge in [-0.05, 0) is 56.7 Å². The molecule has 1 amide bonds. The van der Waals surface area contributed by atoms with Gasteiger partial charge in [-0.2, -0.15) is 0 Å². The Bertz CT molecular complexity index is 606. The minimum Gasteiger partial charge on any atom is -0.465 e. The Balaban J connectivity index is 2.06. The second kappa shape index (κ2) is 7.24. The maximum atomic E-state index is 12.2. The summed E-state index contributed by atoms with van der Waals surface area (Å²) in [5.74, 6) is 0.281. The van der Waals surface area contributed by atoms with Crippen LogP contribution in [0.2, 0.25) is 0 Å². The van der Waals surface area contributed by atoms with Crippen LogP contribution in [-0.2, 0) is 9.47 Å². The van der Waals surface area contributed by atoms with E-state index in [1.807, 2.05) is 39.0 Å². The number of ether oxygens (including phenoxy) is 2. The zero-order valence-electron chi connectivity index (χ0n) is 15.2. The van der Waals surface area contributed by atoms with Crippen molar-refractivity contribution in [2.75, 3.05) is 20.2 Å². The number of benzene rings is 1. The van der Waals surface area contributed by atoms with Crippen LogP contribution in [-0.4, -0.2) is 42.8 Å². The number of carbonyl (C=O) groups excluding carboxylic acids is 2. The lowest BCUT2D eigenvalue weighted by atomic mass is 9.81. The van der Waals surface area contributed by atoms with Gasteiger partial charge < -0.3 is 14.4 Å². The van der Waals surface area contributed by atoms with Gasteiger partial charge in [0.25, 0.3) is 0 Å². The van der Waals surface area contributed by atoms with Crippen molar-refractivity contribution >= 4 is 12.1 Å². The highest BCUT2D eigenvalue weighted by Crippen LogP contribution is 2.33. The minimum atomic E-state index is -0.480. The fourth-order valence-electron chi connectivity index (χ4n) is 3.15. The van der Waals surface area contributed by atoms with Crippen LogP contribution in [0.15, 0.2) is 24.3 Å². The standard InChI is InChI=1S/C19H27NO4/c1-13-12-20(18(22)24-19(2,3)4)10-9-16(13)14-7-6-8-15(11-14)17(21)23-5/h6-8,11,13,16H,9-10,12H2,1-5H3/t13-,16+/m0/s1. The first-order valence-electron chi connectivity index (χ1n) is 8.37. The molecule has 1 aromatic carbocycles. The van der Waals surface area contributed by atoms with Crippen molar-refractivity contribution in [2.45, 2.75) is 45.6 Å². The Hall–Kier alpha value is -2.04. The number of hydrogen-bond donors (Lipinski definition) is 0. The molecule has 132 valence electrons. The van der Waals surface area contributed by atoms with E-state index >= 15 is 0 Å². The fourth-order valence-corrected chi connectivity index (χ4v) is 3.15. The van der Waals surface area contributed by atoms with E-state index < -0.39 is 5.60 Å². The average Bonchev–Trinajstić information content (AvgIpc) is 2.52. The van der Waals surface area contributed by atoms with E-state index in [1.165, 1.54) is 7.11 Å². The van der Waals surface area contributed by atoms with Gasteiger partial charge in [-0.15, -0.1) is 0 Å². The third-order valence-corrected chi connectivity index (χ3v) is 4.29. The minimum absolute atomic E-state index is 0.254. The number of carbonyl (C=O) groups is 2. The normalized spacial score (nSPS) is 21.3. The van der Waals surface area contributed by atoms with Crippen molar-refractivity contribution in [3.05, 3.63) is 35.4 Å². The number of amides is 1. The van der Waals surface area contributed by atoms with Crippen LogP contribution in [0.5, 0.6) is 0 Å². The van der Waals surface area contributed by atoms with Gasteiger partial charge in [0.05, 0.1) is 12.7 Å². The first-order valence-corrected chi connectivity index (χ1v) is 8.37. The summed E-state index contributed by atoms with van der Waals surface area (Å²) in [5, 5.41) is 0. The molecule has 1 aliphatic heterocycles. The van der Waals surface area contributed by atoms with Crippen molar-refractivity contribution in [3.63, 3.8) is 0 Å². The molecule has 2 rings (SSSR count). The van der Waals surface area contributed by atoms with Crippen molar-refractivity contribution in [2.24, 2.45) is 5.92 Å². The maximum Gasteiger partial charge on any atom is 0.410 e. The van der Waals surface area contributed by atoms with Crippen molar-refractivity contribution in [1.29, 1.82) is 0 Å². The summed E-state index contributed by atoms with van der Waals surface area (Å²) in [7, 11) is 1.39. The summed E-state index contributed by atoms with van der Waals surface area (Å²) in [4.78, 5) is 25.7. The molecule has 24 heavy (non-hydrogen) atoms. The number of hydrogen-bond acceptors (Lipinski definition) is 4. The number of esters is 1. The quantitative estimate of drug-likeness (QED) is 0.772. The van der Waals surface area contributed by atoms with E-state index in [2.05, 4.69) is 6.92 Å². The summed E-state index contributed by atoms with van der Waals surface area (Å²) in [5.41, 5.74) is 1.21. The molecule has 1 heterocycles. The Morgan fingerprint density at radius 1 is 1.25 bits per heavy atom. The SMILES string of the molecule is COC(=O)c1cccc([C@@H]2CCN(C(=O)OC(C)(C)C)C[C@@H]2C)c1. The molecule has 0 spiro atoms. The molecule has 0 aliphatic carbocycles. The van der Waals surface area contributed by atoms with Crippen LogP contribution in [0.3, 0.4) is 0 Å². The van der Waals surface area contributed by atoms with Gasteiger partial charge in [-0.3, -0.25) is 0 Å². The highest BCUT2D eigenvalue weighted by molar-refractivity contribution is 5.89. The molecule has 5 nitrogen and oxygen atoms in total. The molecule has 0 radical (unpaired) electrons. The van der Waals surface area contributed by atoms with Crippen LogP contribution in [0.4, 0.5) is 4.79 Å². The average molecular weight is 333 g/mol. The molecule has 1 fully saturated rings. The van der Waals surface area contributed by atoms with Gasteiger partial charge in [0.2, 0.25) is 0 Å². The topological polar surface area (TPSA) is 55.8 Å². The molecule has 0 unspecified atom stereocenters. The van der Waals surface area contributed by atoms with Gasteiger partial charge in [-0.1, -0.05) is 19.1 Å². The highest BCUT2D eigenvalue weighted by Gasteiger charge is 2.32.